The van der Waals surface area contributed by atoms with Gasteiger partial charge in [0, 0.05) is 25.2 Å². The molecule has 1 saturated heterocycles. The highest BCUT2D eigenvalue weighted by Gasteiger charge is 2.35. The molecule has 0 radical (unpaired) electrons. The quantitative estimate of drug-likeness (QED) is 0.842. The molecule has 4 atom stereocenters. The lowest BCUT2D eigenvalue weighted by molar-refractivity contribution is -0.0414. The van der Waals surface area contributed by atoms with Gasteiger partial charge in [-0.1, -0.05) is 31.2 Å². The van der Waals surface area contributed by atoms with Crippen molar-refractivity contribution < 1.29 is 4.74 Å². The van der Waals surface area contributed by atoms with Crippen LogP contribution in [0.1, 0.15) is 43.4 Å². The van der Waals surface area contributed by atoms with E-state index >= 15 is 0 Å². The first-order valence-corrected chi connectivity index (χ1v) is 7.37. The molecule has 1 heterocycles. The smallest absolute Gasteiger partial charge is 0.0674 e. The van der Waals surface area contributed by atoms with Gasteiger partial charge in [-0.15, -0.1) is 0 Å². The minimum absolute atomic E-state index is 0.137. The van der Waals surface area contributed by atoms with Gasteiger partial charge in [-0.3, -0.25) is 4.90 Å². The standard InChI is InChI=1S/C16H24N2O/c1-11-9-15(18-7-8-19-12(2)10-18)16(17)14-6-4-3-5-13(11)14/h3-6,11-12,15-16H,7-10,17H2,1-2H3. The molecule has 1 aromatic carbocycles. The fourth-order valence-corrected chi connectivity index (χ4v) is 3.63. The Bertz CT molecular complexity index is 448. The van der Waals surface area contributed by atoms with Crippen LogP contribution in [0, 0.1) is 0 Å². The number of rotatable bonds is 1. The van der Waals surface area contributed by atoms with Crippen molar-refractivity contribution in [2.75, 3.05) is 19.7 Å². The number of fused-ring (bicyclic) bond motifs is 1. The highest BCUT2D eigenvalue weighted by atomic mass is 16.5. The maximum absolute atomic E-state index is 6.55. The fourth-order valence-electron chi connectivity index (χ4n) is 3.63. The van der Waals surface area contributed by atoms with Gasteiger partial charge in [0.15, 0.2) is 0 Å². The van der Waals surface area contributed by atoms with Crippen LogP contribution in [-0.2, 0) is 4.74 Å². The predicted molar refractivity (Wildman–Crippen MR) is 77.2 cm³/mol. The van der Waals surface area contributed by atoms with Gasteiger partial charge in [-0.05, 0) is 30.4 Å². The van der Waals surface area contributed by atoms with E-state index in [4.69, 9.17) is 10.5 Å². The van der Waals surface area contributed by atoms with E-state index in [-0.39, 0.29) is 6.04 Å². The summed E-state index contributed by atoms with van der Waals surface area (Å²) in [6.07, 6.45) is 1.48. The van der Waals surface area contributed by atoms with Crippen molar-refractivity contribution in [3.63, 3.8) is 0 Å². The van der Waals surface area contributed by atoms with Crippen molar-refractivity contribution in [3.8, 4) is 0 Å². The third kappa shape index (κ3) is 2.42. The van der Waals surface area contributed by atoms with Crippen LogP contribution in [0.25, 0.3) is 0 Å². The molecule has 19 heavy (non-hydrogen) atoms. The number of hydrogen-bond donors (Lipinski definition) is 1. The molecule has 1 fully saturated rings. The molecule has 0 aromatic heterocycles. The van der Waals surface area contributed by atoms with Gasteiger partial charge >= 0.3 is 0 Å². The molecule has 0 bridgehead atoms. The van der Waals surface area contributed by atoms with Crippen LogP contribution < -0.4 is 5.73 Å². The van der Waals surface area contributed by atoms with Crippen molar-refractivity contribution in [1.29, 1.82) is 0 Å². The monoisotopic (exact) mass is 260 g/mol. The SMILES string of the molecule is CC1CN(C2CC(C)c3ccccc3C2N)CCO1. The number of nitrogens with two attached hydrogens (primary N) is 1. The highest BCUT2D eigenvalue weighted by Crippen LogP contribution is 2.38. The van der Waals surface area contributed by atoms with E-state index in [0.717, 1.165) is 26.1 Å². The number of nitrogens with zero attached hydrogens (tertiary/aromatic N) is 1. The van der Waals surface area contributed by atoms with Gasteiger partial charge in [0.05, 0.1) is 12.7 Å². The van der Waals surface area contributed by atoms with Crippen LogP contribution in [0.4, 0.5) is 0 Å². The molecule has 0 amide bonds. The molecule has 2 N–H and O–H groups in total. The van der Waals surface area contributed by atoms with Gasteiger partial charge in [0.1, 0.15) is 0 Å². The maximum atomic E-state index is 6.55. The fraction of sp³-hybridized carbons (Fsp3) is 0.625. The summed E-state index contributed by atoms with van der Waals surface area (Å²) >= 11 is 0. The summed E-state index contributed by atoms with van der Waals surface area (Å²) in [4.78, 5) is 2.53. The van der Waals surface area contributed by atoms with E-state index < -0.39 is 0 Å². The average Bonchev–Trinajstić information content (AvgIpc) is 2.43. The first kappa shape index (κ1) is 13.1. The van der Waals surface area contributed by atoms with Crippen LogP contribution in [0.3, 0.4) is 0 Å². The molecular formula is C16H24N2O. The van der Waals surface area contributed by atoms with Crippen LogP contribution in [-0.4, -0.2) is 36.7 Å². The average molecular weight is 260 g/mol. The predicted octanol–water partition coefficient (Wildman–Crippen LogP) is 2.28. The number of benzene rings is 1. The van der Waals surface area contributed by atoms with Gasteiger partial charge in [-0.25, -0.2) is 0 Å². The second kappa shape index (κ2) is 5.23. The summed E-state index contributed by atoms with van der Waals surface area (Å²) < 4.78 is 5.65. The maximum Gasteiger partial charge on any atom is 0.0674 e. The molecule has 3 rings (SSSR count). The molecular weight excluding hydrogens is 236 g/mol. The zero-order valence-electron chi connectivity index (χ0n) is 11.9. The van der Waals surface area contributed by atoms with Crippen LogP contribution in [0.5, 0.6) is 0 Å². The number of ether oxygens (including phenoxy) is 1. The second-order valence-electron chi connectivity index (χ2n) is 6.04. The Kier molecular flexibility index (Phi) is 3.61. The van der Waals surface area contributed by atoms with Crippen molar-refractivity contribution in [3.05, 3.63) is 35.4 Å². The van der Waals surface area contributed by atoms with Crippen molar-refractivity contribution in [1.82, 2.24) is 4.90 Å². The molecule has 4 unspecified atom stereocenters. The molecule has 2 aliphatic rings. The summed E-state index contributed by atoms with van der Waals surface area (Å²) in [7, 11) is 0. The van der Waals surface area contributed by atoms with Crippen LogP contribution in [0.15, 0.2) is 24.3 Å². The minimum atomic E-state index is 0.137. The van der Waals surface area contributed by atoms with Gasteiger partial charge in [-0.2, -0.15) is 0 Å². The Morgan fingerprint density at radius 1 is 1.21 bits per heavy atom. The Morgan fingerprint density at radius 3 is 2.68 bits per heavy atom. The normalized spacial score (nSPS) is 35.9. The van der Waals surface area contributed by atoms with E-state index in [2.05, 4.69) is 43.0 Å². The Balaban J connectivity index is 1.85. The van der Waals surface area contributed by atoms with Gasteiger partial charge < -0.3 is 10.5 Å². The van der Waals surface area contributed by atoms with E-state index in [1.54, 1.807) is 0 Å². The summed E-state index contributed by atoms with van der Waals surface area (Å²) in [6.45, 7) is 7.32. The van der Waals surface area contributed by atoms with Crippen molar-refractivity contribution >= 4 is 0 Å². The lowest BCUT2D eigenvalue weighted by Crippen LogP contribution is -2.52. The zero-order valence-corrected chi connectivity index (χ0v) is 11.9. The molecule has 0 saturated carbocycles. The third-order valence-corrected chi connectivity index (χ3v) is 4.64. The molecule has 1 aliphatic heterocycles. The van der Waals surface area contributed by atoms with E-state index in [0.29, 0.717) is 18.1 Å². The van der Waals surface area contributed by atoms with Crippen molar-refractivity contribution in [2.45, 2.75) is 44.4 Å². The third-order valence-electron chi connectivity index (χ3n) is 4.64. The molecule has 1 aliphatic carbocycles. The van der Waals surface area contributed by atoms with E-state index in [1.807, 2.05) is 0 Å². The van der Waals surface area contributed by atoms with Crippen LogP contribution >= 0.6 is 0 Å². The van der Waals surface area contributed by atoms with Crippen molar-refractivity contribution in [2.24, 2.45) is 5.73 Å². The minimum Gasteiger partial charge on any atom is -0.376 e. The first-order valence-electron chi connectivity index (χ1n) is 7.37. The number of morpholine rings is 1. The summed E-state index contributed by atoms with van der Waals surface area (Å²) in [5.74, 6) is 0.596. The van der Waals surface area contributed by atoms with Crippen LogP contribution in [0.2, 0.25) is 0 Å². The Labute approximate surface area is 115 Å². The lowest BCUT2D eigenvalue weighted by atomic mass is 9.77. The zero-order chi connectivity index (χ0) is 13.4. The summed E-state index contributed by atoms with van der Waals surface area (Å²) in [6, 6.07) is 9.26. The molecule has 3 nitrogen and oxygen atoms in total. The largest absolute Gasteiger partial charge is 0.376 e. The first-order chi connectivity index (χ1) is 9.16. The number of hydrogen-bond acceptors (Lipinski definition) is 3. The molecule has 1 aromatic rings. The summed E-state index contributed by atoms with van der Waals surface area (Å²) in [5.41, 5.74) is 9.32. The molecule has 0 spiro atoms. The molecule has 3 heteroatoms. The Morgan fingerprint density at radius 2 is 1.95 bits per heavy atom. The van der Waals surface area contributed by atoms with Gasteiger partial charge in [0.25, 0.3) is 0 Å². The topological polar surface area (TPSA) is 38.5 Å². The highest BCUT2D eigenvalue weighted by molar-refractivity contribution is 5.36. The van der Waals surface area contributed by atoms with E-state index in [9.17, 15) is 0 Å². The Hall–Kier alpha value is -0.900. The second-order valence-corrected chi connectivity index (χ2v) is 6.04. The van der Waals surface area contributed by atoms with E-state index in [1.165, 1.54) is 11.1 Å². The lowest BCUT2D eigenvalue weighted by Gasteiger charge is -2.44. The molecule has 104 valence electrons. The van der Waals surface area contributed by atoms with Gasteiger partial charge in [0.2, 0.25) is 0 Å². The summed E-state index contributed by atoms with van der Waals surface area (Å²) in [5, 5.41) is 0.